The van der Waals surface area contributed by atoms with E-state index in [1.54, 1.807) is 0 Å². The molecule has 1 aromatic rings. The Labute approximate surface area is 96.3 Å². The van der Waals surface area contributed by atoms with Crippen LogP contribution in [0.5, 0.6) is 0 Å². The zero-order valence-electron chi connectivity index (χ0n) is 9.10. The van der Waals surface area contributed by atoms with Gasteiger partial charge in [-0.1, -0.05) is 0 Å². The van der Waals surface area contributed by atoms with Gasteiger partial charge in [-0.15, -0.1) is 12.4 Å². The highest BCUT2D eigenvalue weighted by molar-refractivity contribution is 5.85. The molecule has 2 rings (SSSR count). The predicted molar refractivity (Wildman–Crippen MR) is 63.6 cm³/mol. The van der Waals surface area contributed by atoms with Crippen LogP contribution in [0.25, 0.3) is 0 Å². The maximum Gasteiger partial charge on any atom is 0.225 e. The smallest absolute Gasteiger partial charge is 0.225 e. The SMILES string of the molecule is Cc1cc(C)nc(N2CC[C@@H](N)C2)n1.Cl. The number of nitrogens with zero attached hydrogens (tertiary/aromatic N) is 3. The molecule has 15 heavy (non-hydrogen) atoms. The highest BCUT2D eigenvalue weighted by atomic mass is 35.5. The molecule has 1 saturated heterocycles. The zero-order chi connectivity index (χ0) is 10.1. The molecular formula is C10H17ClN4. The van der Waals surface area contributed by atoms with Gasteiger partial charge in [-0.3, -0.25) is 0 Å². The molecule has 0 radical (unpaired) electrons. The molecule has 1 fully saturated rings. The lowest BCUT2D eigenvalue weighted by molar-refractivity contribution is 0.749. The highest BCUT2D eigenvalue weighted by Gasteiger charge is 2.21. The van der Waals surface area contributed by atoms with Crippen molar-refractivity contribution in [1.82, 2.24) is 9.97 Å². The summed E-state index contributed by atoms with van der Waals surface area (Å²) in [4.78, 5) is 11.0. The second-order valence-electron chi connectivity index (χ2n) is 3.95. The Kier molecular flexibility index (Phi) is 3.88. The van der Waals surface area contributed by atoms with Crippen LogP contribution in [-0.2, 0) is 0 Å². The molecule has 0 aromatic carbocycles. The van der Waals surface area contributed by atoms with Gasteiger partial charge in [-0.25, -0.2) is 9.97 Å². The van der Waals surface area contributed by atoms with Crippen molar-refractivity contribution >= 4 is 18.4 Å². The Morgan fingerprint density at radius 2 is 1.93 bits per heavy atom. The third kappa shape index (κ3) is 2.79. The van der Waals surface area contributed by atoms with E-state index in [1.807, 2.05) is 19.9 Å². The number of hydrogen-bond acceptors (Lipinski definition) is 4. The first-order valence-corrected chi connectivity index (χ1v) is 4.98. The van der Waals surface area contributed by atoms with Crippen molar-refractivity contribution < 1.29 is 0 Å². The summed E-state index contributed by atoms with van der Waals surface area (Å²) in [7, 11) is 0. The lowest BCUT2D eigenvalue weighted by atomic mass is 10.3. The van der Waals surface area contributed by atoms with Crippen LogP contribution < -0.4 is 10.6 Å². The summed E-state index contributed by atoms with van der Waals surface area (Å²) in [5.41, 5.74) is 7.88. The molecule has 0 unspecified atom stereocenters. The summed E-state index contributed by atoms with van der Waals surface area (Å²) in [5, 5.41) is 0. The largest absolute Gasteiger partial charge is 0.339 e. The second-order valence-corrected chi connectivity index (χ2v) is 3.95. The Bertz CT molecular complexity index is 322. The van der Waals surface area contributed by atoms with Gasteiger partial charge in [0.25, 0.3) is 0 Å². The number of anilines is 1. The van der Waals surface area contributed by atoms with E-state index >= 15 is 0 Å². The molecule has 2 N–H and O–H groups in total. The fraction of sp³-hybridized carbons (Fsp3) is 0.600. The Balaban J connectivity index is 0.00000112. The summed E-state index contributed by atoms with van der Waals surface area (Å²) in [5.74, 6) is 0.829. The van der Waals surface area contributed by atoms with Gasteiger partial charge in [-0.2, -0.15) is 0 Å². The number of rotatable bonds is 1. The summed E-state index contributed by atoms with van der Waals surface area (Å²) in [6, 6.07) is 2.26. The standard InChI is InChI=1S/C10H16N4.ClH/c1-7-5-8(2)13-10(12-7)14-4-3-9(11)6-14;/h5,9H,3-4,6,11H2,1-2H3;1H/t9-;/m1./s1. The Hall–Kier alpha value is -0.870. The summed E-state index contributed by atoms with van der Waals surface area (Å²) < 4.78 is 0. The van der Waals surface area contributed by atoms with E-state index < -0.39 is 0 Å². The quantitative estimate of drug-likeness (QED) is 0.781. The van der Waals surface area contributed by atoms with Crippen LogP contribution >= 0.6 is 12.4 Å². The molecule has 0 spiro atoms. The molecule has 4 nitrogen and oxygen atoms in total. The van der Waals surface area contributed by atoms with Crippen LogP contribution in [0, 0.1) is 13.8 Å². The molecule has 5 heteroatoms. The van der Waals surface area contributed by atoms with Gasteiger partial charge in [-0.05, 0) is 26.3 Å². The van der Waals surface area contributed by atoms with Gasteiger partial charge < -0.3 is 10.6 Å². The monoisotopic (exact) mass is 228 g/mol. The molecule has 0 amide bonds. The van der Waals surface area contributed by atoms with Crippen molar-refractivity contribution in [3.05, 3.63) is 17.5 Å². The maximum absolute atomic E-state index is 5.84. The fourth-order valence-electron chi connectivity index (χ4n) is 1.82. The van der Waals surface area contributed by atoms with Gasteiger partial charge in [0.2, 0.25) is 5.95 Å². The molecule has 1 atom stereocenters. The predicted octanol–water partition coefficient (Wildman–Crippen LogP) is 1.05. The van der Waals surface area contributed by atoms with E-state index in [1.165, 1.54) is 0 Å². The first-order chi connectivity index (χ1) is 6.65. The fourth-order valence-corrected chi connectivity index (χ4v) is 1.82. The molecule has 0 bridgehead atoms. The van der Waals surface area contributed by atoms with E-state index in [2.05, 4.69) is 14.9 Å². The first-order valence-electron chi connectivity index (χ1n) is 4.98. The van der Waals surface area contributed by atoms with E-state index in [0.29, 0.717) is 0 Å². The number of hydrogen-bond donors (Lipinski definition) is 1. The van der Waals surface area contributed by atoms with E-state index in [-0.39, 0.29) is 18.4 Å². The van der Waals surface area contributed by atoms with Gasteiger partial charge in [0.05, 0.1) is 0 Å². The van der Waals surface area contributed by atoms with Crippen molar-refractivity contribution in [2.24, 2.45) is 5.73 Å². The molecule has 1 aliphatic heterocycles. The average molecular weight is 229 g/mol. The van der Waals surface area contributed by atoms with Crippen LogP contribution in [0.15, 0.2) is 6.07 Å². The molecule has 84 valence electrons. The Morgan fingerprint density at radius 1 is 1.33 bits per heavy atom. The normalized spacial score (nSPS) is 20.2. The van der Waals surface area contributed by atoms with Crippen LogP contribution in [0.3, 0.4) is 0 Å². The zero-order valence-corrected chi connectivity index (χ0v) is 9.92. The van der Waals surface area contributed by atoms with Crippen LogP contribution in [0.1, 0.15) is 17.8 Å². The van der Waals surface area contributed by atoms with Crippen molar-refractivity contribution in [2.75, 3.05) is 18.0 Å². The molecule has 1 aliphatic rings. The topological polar surface area (TPSA) is 55.0 Å². The molecule has 0 saturated carbocycles. The molecule has 1 aromatic heterocycles. The Morgan fingerprint density at radius 3 is 2.40 bits per heavy atom. The molecule has 2 heterocycles. The van der Waals surface area contributed by atoms with Crippen molar-refractivity contribution in [2.45, 2.75) is 26.3 Å². The third-order valence-corrected chi connectivity index (χ3v) is 2.48. The lowest BCUT2D eigenvalue weighted by Crippen LogP contribution is -2.27. The van der Waals surface area contributed by atoms with Crippen molar-refractivity contribution in [3.8, 4) is 0 Å². The first kappa shape index (κ1) is 12.2. The van der Waals surface area contributed by atoms with Crippen molar-refractivity contribution in [1.29, 1.82) is 0 Å². The third-order valence-electron chi connectivity index (χ3n) is 2.48. The molecular weight excluding hydrogens is 212 g/mol. The lowest BCUT2D eigenvalue weighted by Gasteiger charge is -2.16. The highest BCUT2D eigenvalue weighted by Crippen LogP contribution is 2.15. The van der Waals surface area contributed by atoms with Crippen LogP contribution in [-0.4, -0.2) is 29.1 Å². The minimum absolute atomic E-state index is 0. The van der Waals surface area contributed by atoms with Gasteiger partial charge in [0.15, 0.2) is 0 Å². The van der Waals surface area contributed by atoms with Gasteiger partial charge >= 0.3 is 0 Å². The second kappa shape index (κ2) is 4.77. The average Bonchev–Trinajstić information content (AvgIpc) is 2.50. The van der Waals surface area contributed by atoms with Gasteiger partial charge in [0.1, 0.15) is 0 Å². The number of nitrogens with two attached hydrogens (primary N) is 1. The minimum Gasteiger partial charge on any atom is -0.339 e. The van der Waals surface area contributed by atoms with Crippen LogP contribution in [0.2, 0.25) is 0 Å². The minimum atomic E-state index is 0. The van der Waals surface area contributed by atoms with E-state index in [4.69, 9.17) is 5.73 Å². The van der Waals surface area contributed by atoms with E-state index in [9.17, 15) is 0 Å². The van der Waals surface area contributed by atoms with Crippen LogP contribution in [0.4, 0.5) is 5.95 Å². The maximum atomic E-state index is 5.84. The number of aryl methyl sites for hydroxylation is 2. The number of aromatic nitrogens is 2. The van der Waals surface area contributed by atoms with Crippen molar-refractivity contribution in [3.63, 3.8) is 0 Å². The van der Waals surface area contributed by atoms with Gasteiger partial charge in [0, 0.05) is 30.5 Å². The summed E-state index contributed by atoms with van der Waals surface area (Å²) in [6.07, 6.45) is 1.04. The summed E-state index contributed by atoms with van der Waals surface area (Å²) >= 11 is 0. The molecule has 0 aliphatic carbocycles. The summed E-state index contributed by atoms with van der Waals surface area (Å²) in [6.45, 7) is 5.84. The van der Waals surface area contributed by atoms with E-state index in [0.717, 1.165) is 36.8 Å². The number of halogens is 1.